The van der Waals surface area contributed by atoms with Gasteiger partial charge in [0, 0.05) is 19.5 Å². The van der Waals surface area contributed by atoms with Gasteiger partial charge < -0.3 is 10.0 Å². The smallest absolute Gasteiger partial charge is 0.225 e. The van der Waals surface area contributed by atoms with Crippen molar-refractivity contribution in [2.45, 2.75) is 33.6 Å². The average molecular weight is 201 g/mol. The van der Waals surface area contributed by atoms with Gasteiger partial charge in [0.2, 0.25) is 5.91 Å². The first kappa shape index (κ1) is 13.4. The number of carbonyl (C=O) groups excluding carboxylic acids is 1. The lowest BCUT2D eigenvalue weighted by atomic mass is 9.90. The summed E-state index contributed by atoms with van der Waals surface area (Å²) in [6, 6.07) is 0. The van der Waals surface area contributed by atoms with Gasteiger partial charge in [-0.3, -0.25) is 4.79 Å². The van der Waals surface area contributed by atoms with Gasteiger partial charge in [-0.05, 0) is 12.3 Å². The maximum atomic E-state index is 11.9. The number of hydrogen-bond donors (Lipinski definition) is 1. The van der Waals surface area contributed by atoms with Gasteiger partial charge in [-0.25, -0.2) is 0 Å². The maximum Gasteiger partial charge on any atom is 0.225 e. The van der Waals surface area contributed by atoms with Crippen LogP contribution in [-0.4, -0.2) is 36.1 Å². The quantitative estimate of drug-likeness (QED) is 0.707. The SMILES string of the molecule is CCCC(C(=O)N(C)CCO)C(C)C. The van der Waals surface area contributed by atoms with E-state index in [1.165, 1.54) is 0 Å². The first-order valence-corrected chi connectivity index (χ1v) is 5.40. The Morgan fingerprint density at radius 3 is 2.36 bits per heavy atom. The third-order valence-electron chi connectivity index (χ3n) is 2.53. The standard InChI is InChI=1S/C11H23NO2/c1-5-6-10(9(2)3)11(14)12(4)7-8-13/h9-10,13H,5-8H2,1-4H3. The second kappa shape index (κ2) is 6.82. The van der Waals surface area contributed by atoms with Crippen molar-refractivity contribution in [3.05, 3.63) is 0 Å². The predicted octanol–water partition coefficient (Wildman–Crippen LogP) is 1.51. The van der Waals surface area contributed by atoms with Crippen LogP contribution in [0.1, 0.15) is 33.6 Å². The molecular formula is C11H23NO2. The van der Waals surface area contributed by atoms with Crippen molar-refractivity contribution in [3.8, 4) is 0 Å². The van der Waals surface area contributed by atoms with E-state index in [-0.39, 0.29) is 18.4 Å². The molecule has 1 N–H and O–H groups in total. The highest BCUT2D eigenvalue weighted by Gasteiger charge is 2.23. The molecule has 84 valence electrons. The van der Waals surface area contributed by atoms with E-state index in [1.54, 1.807) is 11.9 Å². The minimum atomic E-state index is 0.0409. The van der Waals surface area contributed by atoms with Crippen LogP contribution < -0.4 is 0 Å². The molecular weight excluding hydrogens is 178 g/mol. The van der Waals surface area contributed by atoms with Gasteiger partial charge in [0.1, 0.15) is 0 Å². The second-order valence-corrected chi connectivity index (χ2v) is 4.12. The molecule has 0 aromatic heterocycles. The highest BCUT2D eigenvalue weighted by Crippen LogP contribution is 2.19. The Morgan fingerprint density at radius 2 is 2.00 bits per heavy atom. The zero-order valence-electron chi connectivity index (χ0n) is 9.79. The molecule has 0 saturated carbocycles. The predicted molar refractivity (Wildman–Crippen MR) is 58.0 cm³/mol. The lowest BCUT2D eigenvalue weighted by Crippen LogP contribution is -2.37. The van der Waals surface area contributed by atoms with E-state index in [0.717, 1.165) is 12.8 Å². The van der Waals surface area contributed by atoms with Crippen LogP contribution >= 0.6 is 0 Å². The highest BCUT2D eigenvalue weighted by molar-refractivity contribution is 5.78. The summed E-state index contributed by atoms with van der Waals surface area (Å²) in [6.45, 7) is 6.72. The summed E-state index contributed by atoms with van der Waals surface area (Å²) in [7, 11) is 1.75. The van der Waals surface area contributed by atoms with Crippen LogP contribution in [0.4, 0.5) is 0 Å². The normalized spacial score (nSPS) is 13.0. The number of likely N-dealkylation sites (N-methyl/N-ethyl adjacent to an activating group) is 1. The molecule has 14 heavy (non-hydrogen) atoms. The Bertz CT molecular complexity index is 169. The molecule has 0 spiro atoms. The van der Waals surface area contributed by atoms with Crippen molar-refractivity contribution in [1.29, 1.82) is 0 Å². The van der Waals surface area contributed by atoms with E-state index < -0.39 is 0 Å². The van der Waals surface area contributed by atoms with Crippen molar-refractivity contribution in [3.63, 3.8) is 0 Å². The largest absolute Gasteiger partial charge is 0.395 e. The molecule has 0 aliphatic carbocycles. The van der Waals surface area contributed by atoms with Crippen molar-refractivity contribution in [2.75, 3.05) is 20.2 Å². The van der Waals surface area contributed by atoms with Crippen LogP contribution in [0.15, 0.2) is 0 Å². The Hall–Kier alpha value is -0.570. The first-order chi connectivity index (χ1) is 6.54. The zero-order valence-corrected chi connectivity index (χ0v) is 9.79. The van der Waals surface area contributed by atoms with E-state index >= 15 is 0 Å². The molecule has 0 aromatic rings. The first-order valence-electron chi connectivity index (χ1n) is 5.40. The number of rotatable bonds is 6. The van der Waals surface area contributed by atoms with Crippen LogP contribution in [0.25, 0.3) is 0 Å². The molecule has 0 heterocycles. The Labute approximate surface area is 87.1 Å². The molecule has 0 radical (unpaired) electrons. The number of aliphatic hydroxyl groups excluding tert-OH is 1. The Kier molecular flexibility index (Phi) is 6.54. The fraction of sp³-hybridized carbons (Fsp3) is 0.909. The second-order valence-electron chi connectivity index (χ2n) is 4.12. The van der Waals surface area contributed by atoms with Crippen LogP contribution in [0.5, 0.6) is 0 Å². The Balaban J connectivity index is 4.27. The lowest BCUT2D eigenvalue weighted by Gasteiger charge is -2.25. The summed E-state index contributed by atoms with van der Waals surface area (Å²) in [4.78, 5) is 13.5. The number of hydrogen-bond acceptors (Lipinski definition) is 2. The van der Waals surface area contributed by atoms with Crippen LogP contribution in [0.3, 0.4) is 0 Å². The van der Waals surface area contributed by atoms with E-state index in [1.807, 2.05) is 0 Å². The number of aliphatic hydroxyl groups is 1. The maximum absolute atomic E-state index is 11.9. The molecule has 0 aliphatic rings. The van der Waals surface area contributed by atoms with Crippen LogP contribution in [-0.2, 0) is 4.79 Å². The third kappa shape index (κ3) is 4.09. The van der Waals surface area contributed by atoms with Gasteiger partial charge in [0.15, 0.2) is 0 Å². The fourth-order valence-corrected chi connectivity index (χ4v) is 1.60. The van der Waals surface area contributed by atoms with E-state index in [9.17, 15) is 4.79 Å². The molecule has 3 nitrogen and oxygen atoms in total. The van der Waals surface area contributed by atoms with Gasteiger partial charge in [0.05, 0.1) is 6.61 Å². The van der Waals surface area contributed by atoms with Gasteiger partial charge >= 0.3 is 0 Å². The Morgan fingerprint density at radius 1 is 1.43 bits per heavy atom. The molecule has 3 heteroatoms. The number of amides is 1. The number of carbonyl (C=O) groups is 1. The minimum absolute atomic E-state index is 0.0409. The van der Waals surface area contributed by atoms with Crippen molar-refractivity contribution in [1.82, 2.24) is 4.90 Å². The topological polar surface area (TPSA) is 40.5 Å². The summed E-state index contributed by atoms with van der Waals surface area (Å²) >= 11 is 0. The summed E-state index contributed by atoms with van der Waals surface area (Å²) in [5, 5.41) is 8.74. The molecule has 1 amide bonds. The average Bonchev–Trinajstić information content (AvgIpc) is 2.13. The third-order valence-corrected chi connectivity index (χ3v) is 2.53. The summed E-state index contributed by atoms with van der Waals surface area (Å²) in [5.41, 5.74) is 0. The molecule has 0 saturated heterocycles. The van der Waals surface area contributed by atoms with Crippen LogP contribution in [0, 0.1) is 11.8 Å². The molecule has 0 aliphatic heterocycles. The summed E-state index contributed by atoms with van der Waals surface area (Å²) in [5.74, 6) is 0.649. The summed E-state index contributed by atoms with van der Waals surface area (Å²) in [6.07, 6.45) is 1.97. The molecule has 0 rings (SSSR count). The monoisotopic (exact) mass is 201 g/mol. The van der Waals surface area contributed by atoms with E-state index in [0.29, 0.717) is 12.5 Å². The molecule has 1 atom stereocenters. The summed E-state index contributed by atoms with van der Waals surface area (Å²) < 4.78 is 0. The molecule has 0 fully saturated rings. The number of nitrogens with zero attached hydrogens (tertiary/aromatic N) is 1. The fourth-order valence-electron chi connectivity index (χ4n) is 1.60. The molecule has 0 bridgehead atoms. The molecule has 1 unspecified atom stereocenters. The highest BCUT2D eigenvalue weighted by atomic mass is 16.3. The van der Waals surface area contributed by atoms with Gasteiger partial charge in [-0.15, -0.1) is 0 Å². The van der Waals surface area contributed by atoms with Gasteiger partial charge in [0.25, 0.3) is 0 Å². The van der Waals surface area contributed by atoms with Crippen molar-refractivity contribution in [2.24, 2.45) is 11.8 Å². The molecule has 0 aromatic carbocycles. The van der Waals surface area contributed by atoms with E-state index in [4.69, 9.17) is 5.11 Å². The van der Waals surface area contributed by atoms with Crippen molar-refractivity contribution >= 4 is 5.91 Å². The van der Waals surface area contributed by atoms with Gasteiger partial charge in [-0.2, -0.15) is 0 Å². The van der Waals surface area contributed by atoms with Crippen molar-refractivity contribution < 1.29 is 9.90 Å². The van der Waals surface area contributed by atoms with Crippen LogP contribution in [0.2, 0.25) is 0 Å². The van der Waals surface area contributed by atoms with Gasteiger partial charge in [-0.1, -0.05) is 27.2 Å². The minimum Gasteiger partial charge on any atom is -0.395 e. The lowest BCUT2D eigenvalue weighted by molar-refractivity contribution is -0.136. The zero-order chi connectivity index (χ0) is 11.1. The van der Waals surface area contributed by atoms with E-state index in [2.05, 4.69) is 20.8 Å².